The molecule has 0 bridgehead atoms. The third kappa shape index (κ3) is 3.46. The number of imidazole rings is 1. The van der Waals surface area contributed by atoms with Crippen LogP contribution < -0.4 is 0 Å². The summed E-state index contributed by atoms with van der Waals surface area (Å²) in [4.78, 5) is 18.8. The zero-order valence-corrected chi connectivity index (χ0v) is 13.9. The average molecular weight is 321 g/mol. The zero-order chi connectivity index (χ0) is 16.2. The third-order valence-electron chi connectivity index (χ3n) is 5.01. The molecule has 0 aromatic carbocycles. The Balaban J connectivity index is 1.42. The van der Waals surface area contributed by atoms with Crippen LogP contribution in [0.15, 0.2) is 43.1 Å². The second-order valence-corrected chi connectivity index (χ2v) is 6.68. The maximum Gasteiger partial charge on any atom is 0.120 e. The second kappa shape index (κ2) is 7.09. The predicted molar refractivity (Wildman–Crippen MR) is 94.4 cm³/mol. The Morgan fingerprint density at radius 3 is 3.00 bits per heavy atom. The highest BCUT2D eigenvalue weighted by molar-refractivity contribution is 5.80. The first-order chi connectivity index (χ1) is 11.9. The Bertz CT molecular complexity index is 778. The van der Waals surface area contributed by atoms with Crippen molar-refractivity contribution < 1.29 is 0 Å². The molecular formula is C19H23N5. The molecule has 4 heterocycles. The van der Waals surface area contributed by atoms with E-state index < -0.39 is 0 Å². The molecule has 1 saturated heterocycles. The van der Waals surface area contributed by atoms with Gasteiger partial charge in [0.15, 0.2) is 0 Å². The van der Waals surface area contributed by atoms with Crippen molar-refractivity contribution in [2.75, 3.05) is 13.1 Å². The van der Waals surface area contributed by atoms with E-state index in [2.05, 4.69) is 30.9 Å². The summed E-state index contributed by atoms with van der Waals surface area (Å²) < 4.78 is 0. The van der Waals surface area contributed by atoms with Crippen molar-refractivity contribution in [2.24, 2.45) is 5.92 Å². The number of hydrogen-bond acceptors (Lipinski definition) is 4. The molecule has 0 saturated carbocycles. The Labute approximate surface area is 142 Å². The molecule has 0 aliphatic carbocycles. The van der Waals surface area contributed by atoms with Gasteiger partial charge in [-0.1, -0.05) is 0 Å². The normalized spacial score (nSPS) is 19.4. The minimum absolute atomic E-state index is 0.734. The summed E-state index contributed by atoms with van der Waals surface area (Å²) in [6.07, 6.45) is 14.3. The molecule has 24 heavy (non-hydrogen) atoms. The summed E-state index contributed by atoms with van der Waals surface area (Å²) in [6.45, 7) is 3.24. The van der Waals surface area contributed by atoms with Gasteiger partial charge in [0.1, 0.15) is 5.82 Å². The van der Waals surface area contributed by atoms with Gasteiger partial charge in [-0.25, -0.2) is 4.98 Å². The van der Waals surface area contributed by atoms with Crippen molar-refractivity contribution in [1.82, 2.24) is 24.8 Å². The summed E-state index contributed by atoms with van der Waals surface area (Å²) in [5.41, 5.74) is 2.44. The van der Waals surface area contributed by atoms with Crippen LogP contribution in [0.3, 0.4) is 0 Å². The first-order valence-electron chi connectivity index (χ1n) is 8.77. The lowest BCUT2D eigenvalue weighted by Gasteiger charge is -2.19. The lowest BCUT2D eigenvalue weighted by atomic mass is 9.92. The minimum atomic E-state index is 0.734. The highest BCUT2D eigenvalue weighted by atomic mass is 15.1. The molecule has 0 radical (unpaired) electrons. The van der Waals surface area contributed by atoms with Gasteiger partial charge >= 0.3 is 0 Å². The molecule has 3 aromatic rings. The largest absolute Gasteiger partial charge is 0.348 e. The van der Waals surface area contributed by atoms with Gasteiger partial charge in [0.25, 0.3) is 0 Å². The first kappa shape index (κ1) is 15.3. The van der Waals surface area contributed by atoms with E-state index in [1.807, 2.05) is 37.1 Å². The van der Waals surface area contributed by atoms with Gasteiger partial charge in [-0.15, -0.1) is 0 Å². The van der Waals surface area contributed by atoms with E-state index in [9.17, 15) is 0 Å². The predicted octanol–water partition coefficient (Wildman–Crippen LogP) is 3.20. The van der Waals surface area contributed by atoms with Crippen molar-refractivity contribution in [3.05, 3.63) is 54.5 Å². The monoisotopic (exact) mass is 321 g/mol. The van der Waals surface area contributed by atoms with Crippen LogP contribution in [0.2, 0.25) is 0 Å². The number of nitrogens with one attached hydrogen (secondary N) is 1. The van der Waals surface area contributed by atoms with Crippen molar-refractivity contribution in [3.63, 3.8) is 0 Å². The number of hydrogen-bond donors (Lipinski definition) is 1. The van der Waals surface area contributed by atoms with Crippen LogP contribution in [0, 0.1) is 5.92 Å². The van der Waals surface area contributed by atoms with Gasteiger partial charge in [0.05, 0.1) is 12.1 Å². The van der Waals surface area contributed by atoms with Crippen LogP contribution >= 0.6 is 0 Å². The molecule has 0 unspecified atom stereocenters. The van der Waals surface area contributed by atoms with Gasteiger partial charge in [-0.2, -0.15) is 0 Å². The molecule has 3 aromatic heterocycles. The molecule has 1 aliphatic heterocycles. The van der Waals surface area contributed by atoms with Crippen molar-refractivity contribution in [1.29, 1.82) is 0 Å². The average Bonchev–Trinajstić information content (AvgIpc) is 3.03. The molecule has 1 aliphatic rings. The summed E-state index contributed by atoms with van der Waals surface area (Å²) >= 11 is 0. The van der Waals surface area contributed by atoms with Gasteiger partial charge < -0.3 is 4.98 Å². The topological polar surface area (TPSA) is 57.7 Å². The van der Waals surface area contributed by atoms with Crippen LogP contribution in [0.1, 0.15) is 30.7 Å². The molecule has 0 spiro atoms. The lowest BCUT2D eigenvalue weighted by molar-refractivity contribution is 0.266. The van der Waals surface area contributed by atoms with Crippen molar-refractivity contribution >= 4 is 10.9 Å². The van der Waals surface area contributed by atoms with Gasteiger partial charge in [0.2, 0.25) is 0 Å². The quantitative estimate of drug-likeness (QED) is 0.802. The van der Waals surface area contributed by atoms with Crippen LogP contribution in [0.5, 0.6) is 0 Å². The number of aromatic amines is 1. The number of fused-ring (bicyclic) bond motifs is 1. The molecule has 1 N–H and O–H groups in total. The van der Waals surface area contributed by atoms with Crippen molar-refractivity contribution in [2.45, 2.75) is 32.2 Å². The van der Waals surface area contributed by atoms with Gasteiger partial charge in [-0.3, -0.25) is 14.9 Å². The number of nitrogens with zero attached hydrogens (tertiary/aromatic N) is 4. The fourth-order valence-electron chi connectivity index (χ4n) is 3.72. The highest BCUT2D eigenvalue weighted by Crippen LogP contribution is 2.25. The van der Waals surface area contributed by atoms with E-state index in [0.29, 0.717) is 0 Å². The summed E-state index contributed by atoms with van der Waals surface area (Å²) in [5, 5.41) is 1.21. The van der Waals surface area contributed by atoms with E-state index >= 15 is 0 Å². The summed E-state index contributed by atoms with van der Waals surface area (Å²) in [5.74, 6) is 1.80. The number of rotatable bonds is 4. The SMILES string of the molecule is c1cc2nccc(C[C@@H]3CCCN(Cc4ncc[nH]4)CC3)c2cn1. The highest BCUT2D eigenvalue weighted by Gasteiger charge is 2.19. The maximum atomic E-state index is 4.45. The Morgan fingerprint density at radius 1 is 1.08 bits per heavy atom. The van der Waals surface area contributed by atoms with E-state index in [0.717, 1.165) is 43.3 Å². The van der Waals surface area contributed by atoms with Gasteiger partial charge in [-0.05, 0) is 62.4 Å². The second-order valence-electron chi connectivity index (χ2n) is 6.68. The fourth-order valence-corrected chi connectivity index (χ4v) is 3.72. The molecule has 5 nitrogen and oxygen atoms in total. The molecule has 4 rings (SSSR count). The molecule has 124 valence electrons. The molecule has 0 amide bonds. The lowest BCUT2D eigenvalue weighted by Crippen LogP contribution is -2.25. The van der Waals surface area contributed by atoms with Crippen LogP contribution in [-0.2, 0) is 13.0 Å². The number of H-pyrrole nitrogens is 1. The van der Waals surface area contributed by atoms with Crippen LogP contribution in [-0.4, -0.2) is 37.9 Å². The summed E-state index contributed by atoms with van der Waals surface area (Å²) in [7, 11) is 0. The molecule has 1 atom stereocenters. The van der Waals surface area contributed by atoms with Crippen LogP contribution in [0.4, 0.5) is 0 Å². The van der Waals surface area contributed by atoms with Gasteiger partial charge in [0, 0.05) is 36.4 Å². The van der Waals surface area contributed by atoms with E-state index in [1.165, 1.54) is 30.2 Å². The molecule has 1 fully saturated rings. The van der Waals surface area contributed by atoms with E-state index in [-0.39, 0.29) is 0 Å². The smallest absolute Gasteiger partial charge is 0.120 e. The Hall–Kier alpha value is -2.27. The Kier molecular flexibility index (Phi) is 4.51. The fraction of sp³-hybridized carbons (Fsp3) is 0.421. The third-order valence-corrected chi connectivity index (χ3v) is 5.01. The maximum absolute atomic E-state index is 4.45. The summed E-state index contributed by atoms with van der Waals surface area (Å²) in [6, 6.07) is 4.16. The minimum Gasteiger partial charge on any atom is -0.348 e. The van der Waals surface area contributed by atoms with Crippen molar-refractivity contribution in [3.8, 4) is 0 Å². The number of pyridine rings is 2. The first-order valence-corrected chi connectivity index (χ1v) is 8.77. The van der Waals surface area contributed by atoms with Crippen LogP contribution in [0.25, 0.3) is 10.9 Å². The zero-order valence-electron chi connectivity index (χ0n) is 13.9. The number of aromatic nitrogens is 4. The molecule has 5 heteroatoms. The van der Waals surface area contributed by atoms with E-state index in [1.54, 1.807) is 0 Å². The molecular weight excluding hydrogens is 298 g/mol. The Morgan fingerprint density at radius 2 is 2.08 bits per heavy atom. The number of likely N-dealkylation sites (tertiary alicyclic amines) is 1. The van der Waals surface area contributed by atoms with E-state index in [4.69, 9.17) is 0 Å². The standard InChI is InChI=1S/C19H23N5/c1-2-15(5-11-24(10-1)14-19-22-8-9-23-19)12-16-3-7-21-18-4-6-20-13-17(16)18/h3-4,6-9,13,15H,1-2,5,10-12,14H2,(H,22,23)/t15-/m1/s1.